The summed E-state index contributed by atoms with van der Waals surface area (Å²) in [4.78, 5) is 21.9. The zero-order chi connectivity index (χ0) is 20.5. The van der Waals surface area contributed by atoms with E-state index in [9.17, 15) is 4.79 Å². The molecule has 0 spiro atoms. The molecule has 0 saturated carbocycles. The topological polar surface area (TPSA) is 68.6 Å². The van der Waals surface area contributed by atoms with Crippen molar-refractivity contribution < 1.29 is 4.79 Å². The van der Waals surface area contributed by atoms with Crippen LogP contribution in [0.5, 0.6) is 0 Å². The first-order valence-electron chi connectivity index (χ1n) is 10.8. The van der Waals surface area contributed by atoms with Gasteiger partial charge in [-0.15, -0.1) is 24.8 Å². The number of piperazine rings is 1. The van der Waals surface area contributed by atoms with Gasteiger partial charge in [0.05, 0.1) is 6.54 Å². The van der Waals surface area contributed by atoms with Crippen LogP contribution in [0.4, 0.5) is 11.4 Å². The number of rotatable bonds is 6. The molecule has 0 bridgehead atoms. The largest absolute Gasteiger partial charge is 0.369 e. The van der Waals surface area contributed by atoms with Crippen LogP contribution in [0.3, 0.4) is 0 Å². The lowest BCUT2D eigenvalue weighted by molar-refractivity contribution is -0.116. The Kier molecular flexibility index (Phi) is 7.93. The average Bonchev–Trinajstić information content (AvgIpc) is 3.37. The summed E-state index contributed by atoms with van der Waals surface area (Å²) in [5, 5.41) is 1.27. The number of carbonyl (C=O) groups is 1. The number of carbonyl (C=O) groups excluding carboxylic acids is 1. The summed E-state index contributed by atoms with van der Waals surface area (Å²) in [5.41, 5.74) is 10.5. The lowest BCUT2D eigenvalue weighted by Gasteiger charge is -2.36. The summed E-state index contributed by atoms with van der Waals surface area (Å²) < 4.78 is 0. The molecule has 1 unspecified atom stereocenters. The summed E-state index contributed by atoms with van der Waals surface area (Å²) in [6, 6.07) is 17.3. The van der Waals surface area contributed by atoms with Crippen molar-refractivity contribution in [2.24, 2.45) is 5.73 Å². The highest BCUT2D eigenvalue weighted by molar-refractivity contribution is 5.86. The Hall–Kier alpha value is -2.41. The Balaban J connectivity index is 0.00000144. The van der Waals surface area contributed by atoms with E-state index in [1.54, 1.807) is 0 Å². The number of fused-ring (bicyclic) bond motifs is 2. The first-order valence-corrected chi connectivity index (χ1v) is 10.8. The molecule has 172 valence electrons. The van der Waals surface area contributed by atoms with Gasteiger partial charge in [-0.3, -0.25) is 9.69 Å². The van der Waals surface area contributed by atoms with Crippen molar-refractivity contribution in [1.82, 2.24) is 9.88 Å². The zero-order valence-electron chi connectivity index (χ0n) is 18.1. The van der Waals surface area contributed by atoms with Crippen molar-refractivity contribution in [2.45, 2.75) is 12.3 Å². The van der Waals surface area contributed by atoms with E-state index in [2.05, 4.69) is 62.1 Å². The number of anilines is 2. The van der Waals surface area contributed by atoms with E-state index in [1.165, 1.54) is 27.8 Å². The fraction of sp³-hybridized carbons (Fsp3) is 0.375. The Bertz CT molecular complexity index is 1050. The minimum Gasteiger partial charge on any atom is -0.369 e. The Morgan fingerprint density at radius 2 is 1.81 bits per heavy atom. The van der Waals surface area contributed by atoms with E-state index >= 15 is 0 Å². The third kappa shape index (κ3) is 4.98. The number of H-pyrrole nitrogens is 1. The molecule has 8 heteroatoms. The van der Waals surface area contributed by atoms with Crippen molar-refractivity contribution in [3.8, 4) is 0 Å². The predicted molar refractivity (Wildman–Crippen MR) is 137 cm³/mol. The summed E-state index contributed by atoms with van der Waals surface area (Å²) in [7, 11) is 0. The molecular weight excluding hydrogens is 445 g/mol. The SMILES string of the molecule is Cl.Cl.NC(=O)CN1CC(CCN2CCN(c3ccc4[nH]ccc4c3)CC2)c2ccccc21. The van der Waals surface area contributed by atoms with Crippen molar-refractivity contribution in [1.29, 1.82) is 0 Å². The number of nitrogens with zero attached hydrogens (tertiary/aromatic N) is 3. The normalized spacial score (nSPS) is 18.2. The first kappa shape index (κ1) is 24.2. The molecule has 1 saturated heterocycles. The maximum atomic E-state index is 11.4. The quantitative estimate of drug-likeness (QED) is 0.571. The third-order valence-electron chi connectivity index (χ3n) is 6.57. The van der Waals surface area contributed by atoms with Gasteiger partial charge in [0, 0.05) is 67.1 Å². The van der Waals surface area contributed by atoms with Crippen LogP contribution in [0.15, 0.2) is 54.7 Å². The highest BCUT2D eigenvalue weighted by Crippen LogP contribution is 2.37. The van der Waals surface area contributed by atoms with Gasteiger partial charge in [0.25, 0.3) is 0 Å². The minimum atomic E-state index is -0.264. The number of nitrogens with two attached hydrogens (primary N) is 1. The second-order valence-corrected chi connectivity index (χ2v) is 8.47. The van der Waals surface area contributed by atoms with Gasteiger partial charge >= 0.3 is 0 Å². The molecule has 1 fully saturated rings. The molecular formula is C24H31Cl2N5O. The number of benzene rings is 2. The van der Waals surface area contributed by atoms with E-state index in [-0.39, 0.29) is 30.7 Å². The lowest BCUT2D eigenvalue weighted by atomic mass is 9.97. The molecule has 0 aliphatic carbocycles. The fourth-order valence-electron chi connectivity index (χ4n) is 4.97. The van der Waals surface area contributed by atoms with E-state index < -0.39 is 0 Å². The summed E-state index contributed by atoms with van der Waals surface area (Å²) in [6.07, 6.45) is 3.11. The Morgan fingerprint density at radius 1 is 1.03 bits per heavy atom. The molecule has 1 atom stereocenters. The molecule has 3 aromatic rings. The molecule has 6 nitrogen and oxygen atoms in total. The Labute approximate surface area is 201 Å². The maximum Gasteiger partial charge on any atom is 0.236 e. The molecule has 3 heterocycles. The highest BCUT2D eigenvalue weighted by atomic mass is 35.5. The van der Waals surface area contributed by atoms with Gasteiger partial charge in [-0.05, 0) is 48.9 Å². The number of nitrogens with one attached hydrogen (secondary N) is 1. The molecule has 2 aromatic carbocycles. The lowest BCUT2D eigenvalue weighted by Crippen LogP contribution is -2.46. The van der Waals surface area contributed by atoms with Crippen LogP contribution in [0.2, 0.25) is 0 Å². The van der Waals surface area contributed by atoms with Gasteiger partial charge < -0.3 is 20.5 Å². The van der Waals surface area contributed by atoms with Crippen LogP contribution in [-0.4, -0.2) is 61.6 Å². The third-order valence-corrected chi connectivity index (χ3v) is 6.57. The highest BCUT2D eigenvalue weighted by Gasteiger charge is 2.29. The van der Waals surface area contributed by atoms with Crippen LogP contribution in [-0.2, 0) is 4.79 Å². The second kappa shape index (κ2) is 10.5. The molecule has 2 aliphatic heterocycles. The number of aromatic nitrogens is 1. The molecule has 1 aromatic heterocycles. The standard InChI is InChI=1S/C24H29N5O.2ClH/c25-24(30)17-29-16-19(21-3-1-2-4-23(21)29)8-10-27-11-13-28(14-12-27)20-5-6-22-18(15-20)7-9-26-22;;/h1-7,9,15,19,26H,8,10-14,16-17H2,(H2,25,30);2*1H. The monoisotopic (exact) mass is 475 g/mol. The minimum absolute atomic E-state index is 0. The fourth-order valence-corrected chi connectivity index (χ4v) is 4.97. The maximum absolute atomic E-state index is 11.4. The number of aromatic amines is 1. The number of hydrogen-bond donors (Lipinski definition) is 2. The molecule has 1 amide bonds. The molecule has 2 aliphatic rings. The van der Waals surface area contributed by atoms with Crippen molar-refractivity contribution in [2.75, 3.05) is 55.6 Å². The van der Waals surface area contributed by atoms with Gasteiger partial charge in [0.2, 0.25) is 5.91 Å². The van der Waals surface area contributed by atoms with Crippen LogP contribution in [0.25, 0.3) is 10.9 Å². The van der Waals surface area contributed by atoms with Crippen molar-refractivity contribution in [3.05, 3.63) is 60.3 Å². The number of halogens is 2. The van der Waals surface area contributed by atoms with Crippen LogP contribution >= 0.6 is 24.8 Å². The zero-order valence-corrected chi connectivity index (χ0v) is 19.7. The smallest absolute Gasteiger partial charge is 0.236 e. The number of para-hydroxylation sites is 1. The van der Waals surface area contributed by atoms with Crippen LogP contribution in [0.1, 0.15) is 17.9 Å². The number of primary amides is 1. The van der Waals surface area contributed by atoms with E-state index in [4.69, 9.17) is 5.73 Å². The van der Waals surface area contributed by atoms with Gasteiger partial charge in [-0.2, -0.15) is 0 Å². The molecule has 0 radical (unpaired) electrons. The van der Waals surface area contributed by atoms with Crippen molar-refractivity contribution in [3.63, 3.8) is 0 Å². The summed E-state index contributed by atoms with van der Waals surface area (Å²) >= 11 is 0. The summed E-state index contributed by atoms with van der Waals surface area (Å²) in [5.74, 6) is 0.203. The molecule has 32 heavy (non-hydrogen) atoms. The predicted octanol–water partition coefficient (Wildman–Crippen LogP) is 3.61. The van der Waals surface area contributed by atoms with E-state index in [1.807, 2.05) is 12.3 Å². The van der Waals surface area contributed by atoms with E-state index in [0.29, 0.717) is 12.5 Å². The Morgan fingerprint density at radius 3 is 2.59 bits per heavy atom. The van der Waals surface area contributed by atoms with Crippen molar-refractivity contribution >= 4 is 53.0 Å². The van der Waals surface area contributed by atoms with Gasteiger partial charge in [-0.1, -0.05) is 18.2 Å². The van der Waals surface area contributed by atoms with Gasteiger partial charge in [0.1, 0.15) is 0 Å². The average molecular weight is 476 g/mol. The van der Waals surface area contributed by atoms with Gasteiger partial charge in [0.15, 0.2) is 0 Å². The van der Waals surface area contributed by atoms with Crippen LogP contribution in [0, 0.1) is 0 Å². The second-order valence-electron chi connectivity index (χ2n) is 8.47. The number of amides is 1. The van der Waals surface area contributed by atoms with E-state index in [0.717, 1.165) is 45.7 Å². The number of hydrogen-bond acceptors (Lipinski definition) is 4. The first-order chi connectivity index (χ1) is 14.7. The molecule has 3 N–H and O–H groups in total. The molecule has 5 rings (SSSR count). The van der Waals surface area contributed by atoms with Gasteiger partial charge in [-0.25, -0.2) is 0 Å². The van der Waals surface area contributed by atoms with Crippen LogP contribution < -0.4 is 15.5 Å². The summed E-state index contributed by atoms with van der Waals surface area (Å²) in [6.45, 7) is 6.58.